The predicted octanol–water partition coefficient (Wildman–Crippen LogP) is 4.81. The average Bonchev–Trinajstić information content (AvgIpc) is 2.35. The normalized spacial score (nSPS) is 13.1. The second-order valence-electron chi connectivity index (χ2n) is 5.77. The van der Waals surface area contributed by atoms with Crippen molar-refractivity contribution in [2.24, 2.45) is 5.41 Å². The van der Waals surface area contributed by atoms with Crippen LogP contribution in [0.15, 0.2) is 24.3 Å². The standard InChI is InChI=1S/C16H23ClO2/c1-5-16(3,4)10-14(11-19-12(2)18)13-6-8-15(17)9-7-13/h6-9,14H,5,10-11H2,1-4H3. The number of halogens is 1. The van der Waals surface area contributed by atoms with Gasteiger partial charge in [-0.2, -0.15) is 0 Å². The zero-order valence-corrected chi connectivity index (χ0v) is 13.0. The van der Waals surface area contributed by atoms with Crippen LogP contribution in [-0.4, -0.2) is 12.6 Å². The van der Waals surface area contributed by atoms with Crippen LogP contribution in [0, 0.1) is 5.41 Å². The van der Waals surface area contributed by atoms with Gasteiger partial charge in [0.25, 0.3) is 0 Å². The van der Waals surface area contributed by atoms with Gasteiger partial charge < -0.3 is 4.74 Å². The Morgan fingerprint density at radius 1 is 1.32 bits per heavy atom. The van der Waals surface area contributed by atoms with Crippen LogP contribution in [0.5, 0.6) is 0 Å². The molecule has 0 aliphatic carbocycles. The van der Waals surface area contributed by atoms with E-state index in [1.165, 1.54) is 12.5 Å². The zero-order valence-electron chi connectivity index (χ0n) is 12.2. The van der Waals surface area contributed by atoms with Gasteiger partial charge in [-0.15, -0.1) is 0 Å². The largest absolute Gasteiger partial charge is 0.465 e. The molecule has 2 nitrogen and oxygen atoms in total. The third-order valence-electron chi connectivity index (χ3n) is 3.59. The molecular formula is C16H23ClO2. The molecule has 0 aliphatic heterocycles. The molecule has 0 aromatic heterocycles. The SMILES string of the molecule is CCC(C)(C)CC(COC(C)=O)c1ccc(Cl)cc1. The lowest BCUT2D eigenvalue weighted by atomic mass is 9.78. The molecule has 0 heterocycles. The number of hydrogen-bond donors (Lipinski definition) is 0. The fourth-order valence-electron chi connectivity index (χ4n) is 2.04. The summed E-state index contributed by atoms with van der Waals surface area (Å²) in [4.78, 5) is 11.0. The van der Waals surface area contributed by atoms with Crippen molar-refractivity contribution in [1.82, 2.24) is 0 Å². The first-order chi connectivity index (χ1) is 8.84. The fraction of sp³-hybridized carbons (Fsp3) is 0.562. The molecular weight excluding hydrogens is 260 g/mol. The molecule has 1 aromatic carbocycles. The van der Waals surface area contributed by atoms with Crippen molar-refractivity contribution in [3.8, 4) is 0 Å². The summed E-state index contributed by atoms with van der Waals surface area (Å²) in [6, 6.07) is 7.80. The van der Waals surface area contributed by atoms with E-state index in [9.17, 15) is 4.79 Å². The molecule has 3 heteroatoms. The molecule has 0 fully saturated rings. The molecule has 0 saturated heterocycles. The molecule has 1 unspecified atom stereocenters. The lowest BCUT2D eigenvalue weighted by Crippen LogP contribution is -2.19. The van der Waals surface area contributed by atoms with Gasteiger partial charge >= 0.3 is 5.97 Å². The fourth-order valence-corrected chi connectivity index (χ4v) is 2.16. The minimum absolute atomic E-state index is 0.219. The highest BCUT2D eigenvalue weighted by Gasteiger charge is 2.23. The van der Waals surface area contributed by atoms with Crippen molar-refractivity contribution in [3.05, 3.63) is 34.9 Å². The molecule has 0 spiro atoms. The number of rotatable bonds is 6. The topological polar surface area (TPSA) is 26.3 Å². The van der Waals surface area contributed by atoms with E-state index < -0.39 is 0 Å². The Balaban J connectivity index is 2.85. The average molecular weight is 283 g/mol. The third-order valence-corrected chi connectivity index (χ3v) is 3.84. The minimum Gasteiger partial charge on any atom is -0.465 e. The quantitative estimate of drug-likeness (QED) is 0.700. The van der Waals surface area contributed by atoms with Gasteiger partial charge in [-0.1, -0.05) is 50.9 Å². The second-order valence-corrected chi connectivity index (χ2v) is 6.21. The summed E-state index contributed by atoms with van der Waals surface area (Å²) in [5, 5.41) is 0.727. The van der Waals surface area contributed by atoms with Crippen LogP contribution in [0.25, 0.3) is 0 Å². The van der Waals surface area contributed by atoms with Gasteiger partial charge in [-0.25, -0.2) is 0 Å². The van der Waals surface area contributed by atoms with Crippen molar-refractivity contribution >= 4 is 17.6 Å². The highest BCUT2D eigenvalue weighted by atomic mass is 35.5. The first kappa shape index (κ1) is 16.0. The van der Waals surface area contributed by atoms with Crippen molar-refractivity contribution in [1.29, 1.82) is 0 Å². The second kappa shape index (κ2) is 6.95. The molecule has 0 N–H and O–H groups in total. The highest BCUT2D eigenvalue weighted by Crippen LogP contribution is 2.34. The lowest BCUT2D eigenvalue weighted by molar-refractivity contribution is -0.141. The maximum absolute atomic E-state index is 11.0. The maximum Gasteiger partial charge on any atom is 0.302 e. The Kier molecular flexibility index (Phi) is 5.86. The molecule has 1 rings (SSSR count). The molecule has 106 valence electrons. The van der Waals surface area contributed by atoms with Crippen molar-refractivity contribution in [2.45, 2.75) is 46.5 Å². The van der Waals surface area contributed by atoms with Gasteiger partial charge in [0.1, 0.15) is 0 Å². The number of hydrogen-bond acceptors (Lipinski definition) is 2. The number of carbonyl (C=O) groups is 1. The van der Waals surface area contributed by atoms with Crippen LogP contribution in [-0.2, 0) is 9.53 Å². The van der Waals surface area contributed by atoms with E-state index >= 15 is 0 Å². The van der Waals surface area contributed by atoms with Crippen LogP contribution in [0.2, 0.25) is 5.02 Å². The number of carbonyl (C=O) groups excluding carboxylic acids is 1. The van der Waals surface area contributed by atoms with Crippen molar-refractivity contribution in [2.75, 3.05) is 6.61 Å². The summed E-state index contributed by atoms with van der Waals surface area (Å²) in [6.07, 6.45) is 2.08. The monoisotopic (exact) mass is 282 g/mol. The Labute approximate surface area is 121 Å². The van der Waals surface area contributed by atoms with Gasteiger partial charge in [0.05, 0.1) is 6.61 Å². The number of esters is 1. The minimum atomic E-state index is -0.228. The Bertz CT molecular complexity index is 409. The number of ether oxygens (including phenoxy) is 1. The smallest absolute Gasteiger partial charge is 0.302 e. The van der Waals surface area contributed by atoms with Crippen LogP contribution in [0.4, 0.5) is 0 Å². The maximum atomic E-state index is 11.0. The lowest BCUT2D eigenvalue weighted by Gasteiger charge is -2.28. The van der Waals surface area contributed by atoms with E-state index in [0.29, 0.717) is 6.61 Å². The van der Waals surface area contributed by atoms with Crippen molar-refractivity contribution in [3.63, 3.8) is 0 Å². The van der Waals surface area contributed by atoms with E-state index in [1.807, 2.05) is 24.3 Å². The molecule has 19 heavy (non-hydrogen) atoms. The van der Waals surface area contributed by atoms with Gasteiger partial charge in [-0.05, 0) is 29.5 Å². The Hall–Kier alpha value is -1.02. The molecule has 0 radical (unpaired) electrons. The molecule has 0 saturated carbocycles. The number of benzene rings is 1. The summed E-state index contributed by atoms with van der Waals surface area (Å²) in [5.74, 6) is -0.00983. The Morgan fingerprint density at radius 3 is 2.37 bits per heavy atom. The third kappa shape index (κ3) is 5.65. The van der Waals surface area contributed by atoms with E-state index in [-0.39, 0.29) is 17.3 Å². The molecule has 1 atom stereocenters. The van der Waals surface area contributed by atoms with Crippen LogP contribution < -0.4 is 0 Å². The first-order valence-corrected chi connectivity index (χ1v) is 7.10. The summed E-state index contributed by atoms with van der Waals surface area (Å²) >= 11 is 5.92. The Morgan fingerprint density at radius 2 is 1.89 bits per heavy atom. The molecule has 0 aliphatic rings. The van der Waals surface area contributed by atoms with E-state index in [0.717, 1.165) is 17.9 Å². The van der Waals surface area contributed by atoms with Gasteiger partial charge in [0.2, 0.25) is 0 Å². The van der Waals surface area contributed by atoms with Crippen molar-refractivity contribution < 1.29 is 9.53 Å². The predicted molar refractivity (Wildman–Crippen MR) is 79.5 cm³/mol. The van der Waals surface area contributed by atoms with E-state index in [4.69, 9.17) is 16.3 Å². The van der Waals surface area contributed by atoms with Crippen LogP contribution >= 0.6 is 11.6 Å². The summed E-state index contributed by atoms with van der Waals surface area (Å²) in [5.41, 5.74) is 1.40. The van der Waals surface area contributed by atoms with Gasteiger partial charge in [-0.3, -0.25) is 4.79 Å². The summed E-state index contributed by atoms with van der Waals surface area (Å²) in [6.45, 7) is 8.54. The van der Waals surface area contributed by atoms with E-state index in [2.05, 4.69) is 20.8 Å². The van der Waals surface area contributed by atoms with Gasteiger partial charge in [0.15, 0.2) is 0 Å². The van der Waals surface area contributed by atoms with E-state index in [1.54, 1.807) is 0 Å². The van der Waals surface area contributed by atoms with Crippen LogP contribution in [0.3, 0.4) is 0 Å². The van der Waals surface area contributed by atoms with Crippen LogP contribution in [0.1, 0.15) is 52.0 Å². The highest BCUT2D eigenvalue weighted by molar-refractivity contribution is 6.30. The first-order valence-electron chi connectivity index (χ1n) is 6.73. The summed E-state index contributed by atoms with van der Waals surface area (Å²) < 4.78 is 5.21. The molecule has 0 bridgehead atoms. The molecule has 1 aromatic rings. The zero-order chi connectivity index (χ0) is 14.5. The molecule has 0 amide bonds. The summed E-state index contributed by atoms with van der Waals surface area (Å²) in [7, 11) is 0. The van der Waals surface area contributed by atoms with Gasteiger partial charge in [0, 0.05) is 17.9 Å².